The van der Waals surface area contributed by atoms with Gasteiger partial charge in [-0.3, -0.25) is 4.79 Å². The summed E-state index contributed by atoms with van der Waals surface area (Å²) in [5.74, 6) is 0.817. The minimum Gasteiger partial charge on any atom is -0.492 e. The number of amides is 1. The van der Waals surface area contributed by atoms with Crippen molar-refractivity contribution in [1.29, 1.82) is 0 Å². The molecule has 0 aliphatic heterocycles. The molecule has 4 rings (SSSR count). The maximum absolute atomic E-state index is 12.7. The van der Waals surface area contributed by atoms with E-state index in [1.54, 1.807) is 0 Å². The third-order valence-electron chi connectivity index (χ3n) is 7.34. The molecule has 0 unspecified atom stereocenters. The number of fused-ring (bicyclic) bond motifs is 1. The molecule has 1 heterocycles. The van der Waals surface area contributed by atoms with Crippen molar-refractivity contribution in [3.05, 3.63) is 66.4 Å². The van der Waals surface area contributed by atoms with Crippen molar-refractivity contribution in [1.82, 2.24) is 9.88 Å². The lowest BCUT2D eigenvalue weighted by Gasteiger charge is -2.30. The summed E-state index contributed by atoms with van der Waals surface area (Å²) in [6, 6.07) is 16.9. The molecule has 2 aromatic carbocycles. The van der Waals surface area contributed by atoms with Crippen LogP contribution < -0.4 is 10.1 Å². The zero-order valence-corrected chi connectivity index (χ0v) is 20.7. The van der Waals surface area contributed by atoms with E-state index in [4.69, 9.17) is 4.74 Å². The molecule has 35 heavy (non-hydrogen) atoms. The summed E-state index contributed by atoms with van der Waals surface area (Å²) < 4.78 is 8.06. The first kappa shape index (κ1) is 24.8. The van der Waals surface area contributed by atoms with E-state index in [0.717, 1.165) is 43.5 Å². The van der Waals surface area contributed by atoms with Gasteiger partial charge in [0.2, 0.25) is 5.91 Å². The van der Waals surface area contributed by atoms with E-state index in [1.165, 1.54) is 10.9 Å². The van der Waals surface area contributed by atoms with Crippen molar-refractivity contribution in [2.45, 2.75) is 58.5 Å². The fraction of sp³-hybridized carbons (Fsp3) is 0.448. The Labute approximate surface area is 207 Å². The first-order chi connectivity index (χ1) is 16.9. The number of carbonyl (C=O) groups excluding carboxylic acids is 1. The van der Waals surface area contributed by atoms with E-state index >= 15 is 0 Å². The van der Waals surface area contributed by atoms with E-state index in [2.05, 4.69) is 48.1 Å². The lowest BCUT2D eigenvalue weighted by molar-refractivity contribution is -0.142. The van der Waals surface area contributed by atoms with Crippen molar-refractivity contribution in [2.75, 3.05) is 6.61 Å². The van der Waals surface area contributed by atoms with Gasteiger partial charge in [0.05, 0.1) is 6.54 Å². The Balaban J connectivity index is 1.26. The smallest absolute Gasteiger partial charge is 0.326 e. The van der Waals surface area contributed by atoms with Crippen LogP contribution in [0.25, 0.3) is 10.9 Å². The number of nitrogens with one attached hydrogen (secondary N) is 1. The number of carbonyl (C=O) groups is 2. The number of aliphatic carboxylic acids is 1. The zero-order valence-electron chi connectivity index (χ0n) is 20.7. The third-order valence-corrected chi connectivity index (χ3v) is 7.34. The largest absolute Gasteiger partial charge is 0.492 e. The second-order valence-electron chi connectivity index (χ2n) is 10.0. The topological polar surface area (TPSA) is 80.6 Å². The molecule has 1 aliphatic carbocycles. The van der Waals surface area contributed by atoms with Gasteiger partial charge in [-0.2, -0.15) is 0 Å². The normalized spacial score (nSPS) is 18.9. The molecule has 1 aliphatic rings. The first-order valence-electron chi connectivity index (χ1n) is 12.7. The summed E-state index contributed by atoms with van der Waals surface area (Å²) in [5.41, 5.74) is 2.03. The van der Waals surface area contributed by atoms with Gasteiger partial charge in [0, 0.05) is 24.1 Å². The maximum atomic E-state index is 12.7. The van der Waals surface area contributed by atoms with Crippen LogP contribution in [0.5, 0.6) is 5.75 Å². The highest BCUT2D eigenvalue weighted by atomic mass is 16.5. The number of nitrogens with zero attached hydrogens (tertiary/aromatic N) is 1. The third kappa shape index (κ3) is 6.44. The second kappa shape index (κ2) is 11.4. The quantitative estimate of drug-likeness (QED) is 0.416. The van der Waals surface area contributed by atoms with Crippen molar-refractivity contribution < 1.29 is 19.4 Å². The highest BCUT2D eigenvalue weighted by Gasteiger charge is 2.30. The molecule has 1 saturated carbocycles. The van der Waals surface area contributed by atoms with Crippen LogP contribution in [0.15, 0.2) is 60.8 Å². The van der Waals surface area contributed by atoms with Crippen LogP contribution in [0.4, 0.5) is 0 Å². The number of ether oxygens (including phenoxy) is 1. The van der Waals surface area contributed by atoms with Crippen LogP contribution in [0.1, 0.15) is 45.1 Å². The molecular formula is C29H36N2O4. The van der Waals surface area contributed by atoms with Gasteiger partial charge in [0.25, 0.3) is 0 Å². The molecule has 0 radical (unpaired) electrons. The summed E-state index contributed by atoms with van der Waals surface area (Å²) in [5, 5.41) is 13.7. The van der Waals surface area contributed by atoms with Crippen LogP contribution in [0, 0.1) is 17.8 Å². The van der Waals surface area contributed by atoms with E-state index in [1.807, 2.05) is 36.4 Å². The van der Waals surface area contributed by atoms with Crippen LogP contribution in [-0.2, 0) is 22.6 Å². The monoisotopic (exact) mass is 476 g/mol. The molecule has 0 saturated heterocycles. The standard InChI is InChI=1S/C29H36N2O4/c1-20(2)22-9-11-24(12-10-22)28(32)30-26(29(33)34)19-21-7-13-25(14-8-21)35-18-17-31-16-15-23-5-3-4-6-27(23)31/h3-8,13-16,20,22,24,26H,9-12,17-19H2,1-2H3,(H,30,32)(H,33,34)/t22?,24?,26-/m0/s1. The lowest BCUT2D eigenvalue weighted by Crippen LogP contribution is -2.45. The van der Waals surface area contributed by atoms with Crippen LogP contribution >= 0.6 is 0 Å². The zero-order chi connectivity index (χ0) is 24.8. The van der Waals surface area contributed by atoms with Gasteiger partial charge >= 0.3 is 5.97 Å². The molecule has 1 aromatic heterocycles. The Morgan fingerprint density at radius 1 is 1.03 bits per heavy atom. The van der Waals surface area contributed by atoms with E-state index in [0.29, 0.717) is 18.4 Å². The Morgan fingerprint density at radius 2 is 1.74 bits per heavy atom. The van der Waals surface area contributed by atoms with Gasteiger partial charge < -0.3 is 19.7 Å². The van der Waals surface area contributed by atoms with Crippen LogP contribution in [0.2, 0.25) is 0 Å². The van der Waals surface area contributed by atoms with Gasteiger partial charge in [0.1, 0.15) is 18.4 Å². The highest BCUT2D eigenvalue weighted by molar-refractivity contribution is 5.85. The summed E-state index contributed by atoms with van der Waals surface area (Å²) in [7, 11) is 0. The average molecular weight is 477 g/mol. The SMILES string of the molecule is CC(C)C1CCC(C(=O)N[C@@H](Cc2ccc(OCCn3ccc4ccccc43)cc2)C(=O)O)CC1. The molecule has 6 heteroatoms. The van der Waals surface area contributed by atoms with Crippen LogP contribution in [-0.4, -0.2) is 34.2 Å². The van der Waals surface area contributed by atoms with Gasteiger partial charge in [0.15, 0.2) is 0 Å². The molecule has 3 aromatic rings. The summed E-state index contributed by atoms with van der Waals surface area (Å²) >= 11 is 0. The molecule has 186 valence electrons. The number of aromatic nitrogens is 1. The summed E-state index contributed by atoms with van der Waals surface area (Å²) in [6.45, 7) is 5.73. The lowest BCUT2D eigenvalue weighted by atomic mass is 9.76. The minimum atomic E-state index is -1.01. The average Bonchev–Trinajstić information content (AvgIpc) is 3.27. The number of carboxylic acid groups (broad SMARTS) is 1. The number of benzene rings is 2. The Bertz CT molecular complexity index is 1130. The molecule has 6 nitrogen and oxygen atoms in total. The summed E-state index contributed by atoms with van der Waals surface area (Å²) in [6.07, 6.45) is 6.06. The second-order valence-corrected chi connectivity index (χ2v) is 10.0. The van der Waals surface area contributed by atoms with Crippen molar-refractivity contribution in [2.24, 2.45) is 17.8 Å². The molecule has 1 amide bonds. The van der Waals surface area contributed by atoms with E-state index < -0.39 is 12.0 Å². The van der Waals surface area contributed by atoms with Crippen molar-refractivity contribution in [3.63, 3.8) is 0 Å². The Hall–Kier alpha value is -3.28. The highest BCUT2D eigenvalue weighted by Crippen LogP contribution is 2.33. The number of hydrogen-bond donors (Lipinski definition) is 2. The fourth-order valence-corrected chi connectivity index (χ4v) is 5.09. The van der Waals surface area contributed by atoms with Gasteiger partial charge in [-0.1, -0.05) is 44.2 Å². The van der Waals surface area contributed by atoms with Crippen LogP contribution in [0.3, 0.4) is 0 Å². The Kier molecular flexibility index (Phi) is 8.11. The fourth-order valence-electron chi connectivity index (χ4n) is 5.09. The number of carboxylic acids is 1. The van der Waals surface area contributed by atoms with Gasteiger partial charge in [-0.05, 0) is 72.7 Å². The molecule has 0 bridgehead atoms. The molecule has 1 fully saturated rings. The predicted octanol–water partition coefficient (Wildman–Crippen LogP) is 5.29. The number of rotatable bonds is 10. The minimum absolute atomic E-state index is 0.0833. The Morgan fingerprint density at radius 3 is 2.43 bits per heavy atom. The first-order valence-corrected chi connectivity index (χ1v) is 12.7. The maximum Gasteiger partial charge on any atom is 0.326 e. The molecule has 1 atom stereocenters. The van der Waals surface area contributed by atoms with Crippen molar-refractivity contribution in [3.8, 4) is 5.75 Å². The predicted molar refractivity (Wildman–Crippen MR) is 137 cm³/mol. The van der Waals surface area contributed by atoms with E-state index in [-0.39, 0.29) is 18.2 Å². The molecular weight excluding hydrogens is 440 g/mol. The molecule has 2 N–H and O–H groups in total. The number of para-hydroxylation sites is 1. The van der Waals surface area contributed by atoms with Gasteiger partial charge in [-0.25, -0.2) is 4.79 Å². The molecule has 0 spiro atoms. The van der Waals surface area contributed by atoms with E-state index in [9.17, 15) is 14.7 Å². The van der Waals surface area contributed by atoms with Crippen molar-refractivity contribution >= 4 is 22.8 Å². The van der Waals surface area contributed by atoms with Gasteiger partial charge in [-0.15, -0.1) is 0 Å². The summed E-state index contributed by atoms with van der Waals surface area (Å²) in [4.78, 5) is 24.6. The number of hydrogen-bond acceptors (Lipinski definition) is 3.